The third-order valence-corrected chi connectivity index (χ3v) is 7.34. The van der Waals surface area contributed by atoms with Crippen LogP contribution in [0.2, 0.25) is 0 Å². The molecule has 5 heteroatoms. The monoisotopic (exact) mass is 541 g/mol. The average molecular weight is 542 g/mol. The zero-order chi connectivity index (χ0) is 28.4. The molecule has 0 spiro atoms. The highest BCUT2D eigenvalue weighted by Gasteiger charge is 2.32. The maximum atomic E-state index is 13.4. The van der Waals surface area contributed by atoms with Gasteiger partial charge in [-0.15, -0.1) is 0 Å². The first-order valence-electron chi connectivity index (χ1n) is 14.4. The second kappa shape index (κ2) is 14.2. The molecule has 2 atom stereocenters. The van der Waals surface area contributed by atoms with Crippen molar-refractivity contribution >= 4 is 11.8 Å². The summed E-state index contributed by atoms with van der Waals surface area (Å²) in [5, 5.41) is 0. The fraction of sp³-hybridized carbons (Fsp3) is 0.400. The largest absolute Gasteiger partial charge is 0.497 e. The summed E-state index contributed by atoms with van der Waals surface area (Å²) in [6, 6.07) is 28.3. The lowest BCUT2D eigenvalue weighted by molar-refractivity contribution is -0.00961. The van der Waals surface area contributed by atoms with Crippen molar-refractivity contribution in [2.45, 2.75) is 71.2 Å². The highest BCUT2D eigenvalue weighted by molar-refractivity contribution is 5.90. The lowest BCUT2D eigenvalue weighted by Crippen LogP contribution is -2.34. The quantitative estimate of drug-likeness (QED) is 0.257. The molecular formula is C35H43NO4. The molecule has 1 saturated carbocycles. The van der Waals surface area contributed by atoms with Crippen LogP contribution in [0.3, 0.4) is 0 Å². The molecule has 0 saturated heterocycles. The average Bonchev–Trinajstić information content (AvgIpc) is 2.97. The summed E-state index contributed by atoms with van der Waals surface area (Å²) in [5.41, 5.74) is 2.38. The summed E-state index contributed by atoms with van der Waals surface area (Å²) in [6.07, 6.45) is 9.46. The Morgan fingerprint density at radius 1 is 0.900 bits per heavy atom. The molecule has 0 aliphatic heterocycles. The number of hydrogen-bond donors (Lipinski definition) is 0. The van der Waals surface area contributed by atoms with Gasteiger partial charge in [0.1, 0.15) is 11.4 Å². The second-order valence-electron chi connectivity index (χ2n) is 11.5. The van der Waals surface area contributed by atoms with E-state index in [1.807, 2.05) is 75.5 Å². The molecule has 0 aromatic heterocycles. The van der Waals surface area contributed by atoms with Gasteiger partial charge in [-0.1, -0.05) is 86.0 Å². The Labute approximate surface area is 239 Å². The van der Waals surface area contributed by atoms with E-state index >= 15 is 0 Å². The van der Waals surface area contributed by atoms with Gasteiger partial charge >= 0.3 is 6.09 Å². The number of nitrogens with zero attached hydrogens (tertiary/aromatic N) is 1. The smallest absolute Gasteiger partial charge is 0.418 e. The number of benzene rings is 3. The van der Waals surface area contributed by atoms with Crippen LogP contribution in [0.5, 0.6) is 5.75 Å². The van der Waals surface area contributed by atoms with Gasteiger partial charge in [0.05, 0.1) is 25.5 Å². The minimum absolute atomic E-state index is 0.0783. The number of hydrogen-bond acceptors (Lipinski definition) is 4. The number of carbonyl (C=O) groups excluding carboxylic acids is 1. The molecule has 1 amide bonds. The van der Waals surface area contributed by atoms with Crippen molar-refractivity contribution in [2.75, 3.05) is 12.0 Å². The van der Waals surface area contributed by atoms with Crippen LogP contribution in [-0.2, 0) is 16.1 Å². The fourth-order valence-electron chi connectivity index (χ4n) is 5.35. The van der Waals surface area contributed by atoms with Crippen LogP contribution in [0, 0.1) is 11.8 Å². The molecule has 1 aliphatic rings. The summed E-state index contributed by atoms with van der Waals surface area (Å²) < 4.78 is 17.9. The molecule has 3 aromatic carbocycles. The van der Waals surface area contributed by atoms with Crippen molar-refractivity contribution < 1.29 is 19.0 Å². The standard InChI is InChI=1S/C35H43NO4/c1-35(2,3)40-34(37)36(30-20-22-31(38-4)23-21-30)25-24-32(28-16-10-6-11-17-28)33(29-18-12-7-13-19-29)39-26-27-14-8-5-9-15-27/h5,7-9,12-15,18-25,28,32-33H,6,10-11,16-17,26H2,1-4H3/b25-24+. The van der Waals surface area contributed by atoms with Crippen LogP contribution in [-0.4, -0.2) is 18.8 Å². The van der Waals surface area contributed by atoms with Crippen LogP contribution in [0.1, 0.15) is 70.1 Å². The summed E-state index contributed by atoms with van der Waals surface area (Å²) in [7, 11) is 1.63. The molecule has 0 N–H and O–H groups in total. The number of methoxy groups -OCH3 is 1. The molecule has 3 aromatic rings. The van der Waals surface area contributed by atoms with Gasteiger partial charge in [-0.2, -0.15) is 0 Å². The maximum absolute atomic E-state index is 13.4. The van der Waals surface area contributed by atoms with Gasteiger partial charge in [-0.3, -0.25) is 4.90 Å². The Kier molecular flexibility index (Phi) is 10.4. The summed E-state index contributed by atoms with van der Waals surface area (Å²) in [4.78, 5) is 15.0. The second-order valence-corrected chi connectivity index (χ2v) is 11.5. The SMILES string of the molecule is COc1ccc(N(/C=C/C(C2CCCCC2)C(OCc2ccccc2)c2ccccc2)C(=O)OC(C)(C)C)cc1. The van der Waals surface area contributed by atoms with E-state index in [0.717, 1.165) is 35.4 Å². The lowest BCUT2D eigenvalue weighted by Gasteiger charge is -2.35. The van der Waals surface area contributed by atoms with Gasteiger partial charge < -0.3 is 14.2 Å². The molecule has 4 rings (SSSR count). The van der Waals surface area contributed by atoms with Crippen molar-refractivity contribution in [2.24, 2.45) is 11.8 Å². The van der Waals surface area contributed by atoms with Crippen molar-refractivity contribution in [1.29, 1.82) is 0 Å². The molecule has 1 aliphatic carbocycles. The van der Waals surface area contributed by atoms with E-state index in [2.05, 4.69) is 42.5 Å². The number of ether oxygens (including phenoxy) is 3. The first kappa shape index (κ1) is 29.4. The van der Waals surface area contributed by atoms with Gasteiger partial charge in [-0.05, 0) is 74.9 Å². The van der Waals surface area contributed by atoms with Gasteiger partial charge in [0.2, 0.25) is 0 Å². The van der Waals surface area contributed by atoms with Crippen LogP contribution in [0.4, 0.5) is 10.5 Å². The van der Waals surface area contributed by atoms with Gasteiger partial charge in [0.15, 0.2) is 0 Å². The summed E-state index contributed by atoms with van der Waals surface area (Å²) in [6.45, 7) is 6.17. The molecule has 2 unspecified atom stereocenters. The van der Waals surface area contributed by atoms with Gasteiger partial charge in [0.25, 0.3) is 0 Å². The zero-order valence-corrected chi connectivity index (χ0v) is 24.3. The van der Waals surface area contributed by atoms with Gasteiger partial charge in [0, 0.05) is 12.1 Å². The normalized spacial score (nSPS) is 15.9. The fourth-order valence-corrected chi connectivity index (χ4v) is 5.35. The Morgan fingerprint density at radius 3 is 2.12 bits per heavy atom. The van der Waals surface area contributed by atoms with E-state index < -0.39 is 11.7 Å². The predicted molar refractivity (Wildman–Crippen MR) is 161 cm³/mol. The zero-order valence-electron chi connectivity index (χ0n) is 24.3. The van der Waals surface area contributed by atoms with E-state index in [9.17, 15) is 4.79 Å². The van der Waals surface area contributed by atoms with E-state index in [4.69, 9.17) is 14.2 Å². The molecular weight excluding hydrogens is 498 g/mol. The molecule has 0 radical (unpaired) electrons. The van der Waals surface area contributed by atoms with E-state index in [-0.39, 0.29) is 12.0 Å². The van der Waals surface area contributed by atoms with Crippen molar-refractivity contribution in [3.8, 4) is 5.75 Å². The Balaban J connectivity index is 1.70. The Morgan fingerprint density at radius 2 is 1.52 bits per heavy atom. The first-order chi connectivity index (χ1) is 19.3. The summed E-state index contributed by atoms with van der Waals surface area (Å²) >= 11 is 0. The maximum Gasteiger partial charge on any atom is 0.418 e. The predicted octanol–water partition coefficient (Wildman–Crippen LogP) is 9.11. The number of rotatable bonds is 10. The number of carbonyl (C=O) groups is 1. The van der Waals surface area contributed by atoms with Crippen molar-refractivity contribution in [1.82, 2.24) is 0 Å². The molecule has 0 bridgehead atoms. The van der Waals surface area contributed by atoms with Gasteiger partial charge in [-0.25, -0.2) is 4.79 Å². The van der Waals surface area contributed by atoms with E-state index in [1.54, 1.807) is 12.0 Å². The highest BCUT2D eigenvalue weighted by Crippen LogP contribution is 2.40. The Bertz CT molecular complexity index is 1200. The lowest BCUT2D eigenvalue weighted by atomic mass is 9.76. The van der Waals surface area contributed by atoms with Crippen molar-refractivity contribution in [3.63, 3.8) is 0 Å². The van der Waals surface area contributed by atoms with Crippen molar-refractivity contribution in [3.05, 3.63) is 108 Å². The molecule has 0 heterocycles. The van der Waals surface area contributed by atoms with E-state index in [0.29, 0.717) is 12.5 Å². The van der Waals surface area contributed by atoms with Crippen LogP contribution < -0.4 is 9.64 Å². The minimum Gasteiger partial charge on any atom is -0.497 e. The first-order valence-corrected chi connectivity index (χ1v) is 14.4. The molecule has 40 heavy (non-hydrogen) atoms. The topological polar surface area (TPSA) is 48.0 Å². The Hall–Kier alpha value is -3.57. The molecule has 1 fully saturated rings. The number of anilines is 1. The summed E-state index contributed by atoms with van der Waals surface area (Å²) in [5.74, 6) is 1.26. The highest BCUT2D eigenvalue weighted by atomic mass is 16.6. The molecule has 5 nitrogen and oxygen atoms in total. The third-order valence-electron chi connectivity index (χ3n) is 7.34. The van der Waals surface area contributed by atoms with Crippen LogP contribution >= 0.6 is 0 Å². The van der Waals surface area contributed by atoms with E-state index in [1.165, 1.54) is 19.3 Å². The van der Waals surface area contributed by atoms with Crippen LogP contribution in [0.25, 0.3) is 0 Å². The number of amides is 1. The minimum atomic E-state index is -0.621. The molecule has 212 valence electrons. The van der Waals surface area contributed by atoms with Crippen LogP contribution in [0.15, 0.2) is 97.2 Å². The third kappa shape index (κ3) is 8.46.